The van der Waals surface area contributed by atoms with Gasteiger partial charge in [-0.2, -0.15) is 9.61 Å². The van der Waals surface area contributed by atoms with Crippen LogP contribution < -0.4 is 4.90 Å². The lowest BCUT2D eigenvalue weighted by atomic mass is 9.96. The Balaban J connectivity index is 1.30. The highest BCUT2D eigenvalue weighted by Gasteiger charge is 2.28. The van der Waals surface area contributed by atoms with Crippen molar-refractivity contribution in [3.63, 3.8) is 0 Å². The molecule has 1 aliphatic heterocycles. The summed E-state index contributed by atoms with van der Waals surface area (Å²) in [5.74, 6) is 1.08. The molecule has 36 heavy (non-hydrogen) atoms. The molecule has 2 aromatic heterocycles. The van der Waals surface area contributed by atoms with Crippen molar-refractivity contribution in [3.8, 4) is 11.1 Å². The van der Waals surface area contributed by atoms with Crippen molar-refractivity contribution in [3.05, 3.63) is 119 Å². The fraction of sp³-hybridized carbons (Fsp3) is 0.200. The van der Waals surface area contributed by atoms with E-state index in [4.69, 9.17) is 21.7 Å². The van der Waals surface area contributed by atoms with Crippen LogP contribution in [0.1, 0.15) is 22.9 Å². The Labute approximate surface area is 216 Å². The molecule has 0 amide bonds. The Morgan fingerprint density at radius 3 is 2.00 bits per heavy atom. The van der Waals surface area contributed by atoms with Crippen LogP contribution in [-0.4, -0.2) is 45.7 Å². The maximum absolute atomic E-state index is 6.51. The molecule has 180 valence electrons. The van der Waals surface area contributed by atoms with Crippen molar-refractivity contribution < 1.29 is 0 Å². The Kier molecular flexibility index (Phi) is 6.18. The van der Waals surface area contributed by atoms with Gasteiger partial charge < -0.3 is 4.90 Å². The van der Waals surface area contributed by atoms with Crippen LogP contribution in [0, 0.1) is 6.92 Å². The molecule has 6 rings (SSSR count). The number of anilines is 1. The minimum atomic E-state index is 0.241. The zero-order valence-corrected chi connectivity index (χ0v) is 21.0. The molecule has 0 N–H and O–H groups in total. The van der Waals surface area contributed by atoms with Gasteiger partial charge in [-0.3, -0.25) is 4.90 Å². The Morgan fingerprint density at radius 1 is 0.750 bits per heavy atom. The molecular weight excluding hydrogens is 466 g/mol. The molecule has 6 heteroatoms. The third kappa shape index (κ3) is 4.25. The van der Waals surface area contributed by atoms with Crippen LogP contribution in [-0.2, 0) is 0 Å². The minimum Gasteiger partial charge on any atom is -0.354 e. The van der Waals surface area contributed by atoms with Gasteiger partial charge in [0.25, 0.3) is 0 Å². The molecule has 0 bridgehead atoms. The van der Waals surface area contributed by atoms with Gasteiger partial charge in [0, 0.05) is 54.1 Å². The molecule has 1 saturated heterocycles. The number of fused-ring (bicyclic) bond motifs is 1. The summed E-state index contributed by atoms with van der Waals surface area (Å²) < 4.78 is 1.97. The maximum atomic E-state index is 6.51. The van der Waals surface area contributed by atoms with E-state index in [1.54, 1.807) is 0 Å². The molecule has 1 aliphatic rings. The van der Waals surface area contributed by atoms with E-state index in [2.05, 4.69) is 76.5 Å². The van der Waals surface area contributed by atoms with Crippen LogP contribution in [0.25, 0.3) is 16.8 Å². The normalized spacial score (nSPS) is 14.6. The number of halogens is 1. The fourth-order valence-electron chi connectivity index (χ4n) is 5.25. The van der Waals surface area contributed by atoms with Gasteiger partial charge in [0.1, 0.15) is 5.82 Å². The predicted octanol–water partition coefficient (Wildman–Crippen LogP) is 6.27. The lowest BCUT2D eigenvalue weighted by molar-refractivity contribution is 0.211. The summed E-state index contributed by atoms with van der Waals surface area (Å²) in [5, 5.41) is 5.45. The summed E-state index contributed by atoms with van der Waals surface area (Å²) in [7, 11) is 0. The summed E-state index contributed by atoms with van der Waals surface area (Å²) in [5.41, 5.74) is 6.38. The molecule has 0 spiro atoms. The highest BCUT2D eigenvalue weighted by molar-refractivity contribution is 6.33. The number of rotatable bonds is 5. The van der Waals surface area contributed by atoms with Crippen molar-refractivity contribution >= 4 is 23.1 Å². The predicted molar refractivity (Wildman–Crippen MR) is 147 cm³/mol. The van der Waals surface area contributed by atoms with Crippen LogP contribution >= 0.6 is 11.6 Å². The summed E-state index contributed by atoms with van der Waals surface area (Å²) in [6.07, 6.45) is 1.88. The number of nitrogens with zero attached hydrogens (tertiary/aromatic N) is 5. The molecule has 3 aromatic carbocycles. The largest absolute Gasteiger partial charge is 0.354 e. The van der Waals surface area contributed by atoms with Gasteiger partial charge in [0.15, 0.2) is 5.65 Å². The van der Waals surface area contributed by atoms with Gasteiger partial charge in [0.2, 0.25) is 0 Å². The quantitative estimate of drug-likeness (QED) is 0.289. The molecule has 0 aliphatic carbocycles. The fourth-order valence-corrected chi connectivity index (χ4v) is 5.49. The molecular formula is C30H28ClN5. The van der Waals surface area contributed by atoms with Crippen LogP contribution in [0.4, 0.5) is 5.82 Å². The minimum absolute atomic E-state index is 0.241. The number of benzene rings is 3. The summed E-state index contributed by atoms with van der Waals surface area (Å²) in [6.45, 7) is 5.78. The van der Waals surface area contributed by atoms with Gasteiger partial charge >= 0.3 is 0 Å². The third-order valence-electron chi connectivity index (χ3n) is 6.98. The van der Waals surface area contributed by atoms with Gasteiger partial charge in [0.05, 0.1) is 12.2 Å². The first-order chi connectivity index (χ1) is 17.7. The Bertz CT molecular complexity index is 1430. The highest BCUT2D eigenvalue weighted by atomic mass is 35.5. The SMILES string of the molecule is Cc1cc(N2CCN(C(c3ccccc3)c3ccccc3)CC2)n2ncc(-c3ccccc3Cl)c2n1. The number of aryl methyl sites for hydroxylation is 1. The lowest BCUT2D eigenvalue weighted by Crippen LogP contribution is -2.48. The molecule has 0 atom stereocenters. The third-order valence-corrected chi connectivity index (χ3v) is 7.31. The molecule has 0 radical (unpaired) electrons. The van der Waals surface area contributed by atoms with E-state index < -0.39 is 0 Å². The van der Waals surface area contributed by atoms with Gasteiger partial charge in [-0.25, -0.2) is 4.98 Å². The van der Waals surface area contributed by atoms with E-state index in [-0.39, 0.29) is 6.04 Å². The van der Waals surface area contributed by atoms with Gasteiger partial charge in [-0.05, 0) is 24.1 Å². The number of aromatic nitrogens is 3. The smallest absolute Gasteiger partial charge is 0.165 e. The molecule has 1 fully saturated rings. The number of hydrogen-bond donors (Lipinski definition) is 0. The van der Waals surface area contributed by atoms with Crippen molar-refractivity contribution in [2.24, 2.45) is 0 Å². The monoisotopic (exact) mass is 493 g/mol. The first kappa shape index (κ1) is 22.8. The van der Waals surface area contributed by atoms with Crippen molar-refractivity contribution in [2.75, 3.05) is 31.1 Å². The zero-order chi connectivity index (χ0) is 24.5. The summed E-state index contributed by atoms with van der Waals surface area (Å²) in [6, 6.07) is 31.9. The van der Waals surface area contributed by atoms with Crippen molar-refractivity contribution in [2.45, 2.75) is 13.0 Å². The average molecular weight is 494 g/mol. The maximum Gasteiger partial charge on any atom is 0.165 e. The second kappa shape index (κ2) is 9.76. The van der Waals surface area contributed by atoms with Gasteiger partial charge in [-0.1, -0.05) is 90.5 Å². The van der Waals surface area contributed by atoms with E-state index in [1.165, 1.54) is 11.1 Å². The lowest BCUT2D eigenvalue weighted by Gasteiger charge is -2.40. The molecule has 3 heterocycles. The van der Waals surface area contributed by atoms with Gasteiger partial charge in [-0.15, -0.1) is 0 Å². The van der Waals surface area contributed by atoms with Crippen LogP contribution in [0.2, 0.25) is 5.02 Å². The highest BCUT2D eigenvalue weighted by Crippen LogP contribution is 2.33. The first-order valence-electron chi connectivity index (χ1n) is 12.4. The molecule has 5 nitrogen and oxygen atoms in total. The van der Waals surface area contributed by atoms with E-state index in [1.807, 2.05) is 41.9 Å². The molecule has 0 unspecified atom stereocenters. The van der Waals surface area contributed by atoms with E-state index >= 15 is 0 Å². The Morgan fingerprint density at radius 2 is 1.36 bits per heavy atom. The van der Waals surface area contributed by atoms with Crippen molar-refractivity contribution in [1.82, 2.24) is 19.5 Å². The summed E-state index contributed by atoms with van der Waals surface area (Å²) in [4.78, 5) is 9.85. The standard InChI is InChI=1S/C30H28ClN5/c1-22-20-28(36-30(33-22)26(21-32-36)25-14-8-9-15-27(25)31)34-16-18-35(19-17-34)29(23-10-4-2-5-11-23)24-12-6-3-7-13-24/h2-15,20-21,29H,16-19H2,1H3. The van der Waals surface area contributed by atoms with Crippen LogP contribution in [0.5, 0.6) is 0 Å². The topological polar surface area (TPSA) is 36.7 Å². The zero-order valence-electron chi connectivity index (χ0n) is 20.3. The first-order valence-corrected chi connectivity index (χ1v) is 12.8. The van der Waals surface area contributed by atoms with E-state index in [0.717, 1.165) is 54.5 Å². The van der Waals surface area contributed by atoms with Crippen LogP contribution in [0.3, 0.4) is 0 Å². The van der Waals surface area contributed by atoms with Crippen LogP contribution in [0.15, 0.2) is 97.2 Å². The Hall–Kier alpha value is -3.67. The number of piperazine rings is 1. The summed E-state index contributed by atoms with van der Waals surface area (Å²) >= 11 is 6.51. The van der Waals surface area contributed by atoms with Crippen molar-refractivity contribution in [1.29, 1.82) is 0 Å². The molecule has 5 aromatic rings. The average Bonchev–Trinajstić information content (AvgIpc) is 3.34. The van der Waals surface area contributed by atoms with E-state index in [0.29, 0.717) is 5.02 Å². The van der Waals surface area contributed by atoms with E-state index in [9.17, 15) is 0 Å². The molecule has 0 saturated carbocycles. The second-order valence-corrected chi connectivity index (χ2v) is 9.68. The number of hydrogen-bond acceptors (Lipinski definition) is 4. The second-order valence-electron chi connectivity index (χ2n) is 9.28.